The topological polar surface area (TPSA) is 72.2 Å². The van der Waals surface area contributed by atoms with Crippen LogP contribution < -0.4 is 16.4 Å². The number of hydrogen-bond donors (Lipinski definition) is 1. The molecular weight excluding hydrogens is 454 g/mol. The number of nitrogens with zero attached hydrogens (tertiary/aromatic N) is 4. The molecule has 0 amide bonds. The minimum atomic E-state index is -4.83. The summed E-state index contributed by atoms with van der Waals surface area (Å²) in [5.74, 6) is -1.22. The van der Waals surface area contributed by atoms with E-state index < -0.39 is 34.7 Å². The molecule has 1 saturated heterocycles. The van der Waals surface area contributed by atoms with Crippen LogP contribution in [-0.2, 0) is 18.8 Å². The largest absolute Gasteiger partial charge is 0.419 e. The molecule has 1 N–H and O–H groups in total. The SMILES string of the molecule is C[C@@H](Nc1nn(C)c(=O)c2cc(=O)n(C3(C)CCN(C)C3)cc12)c1cccc(C(F)(F)F)c1F. The molecule has 1 unspecified atom stereocenters. The highest BCUT2D eigenvalue weighted by molar-refractivity contribution is 5.90. The van der Waals surface area contributed by atoms with Crippen molar-refractivity contribution in [3.8, 4) is 0 Å². The molecule has 7 nitrogen and oxygen atoms in total. The van der Waals surface area contributed by atoms with Crippen molar-refractivity contribution in [1.82, 2.24) is 19.2 Å². The van der Waals surface area contributed by atoms with E-state index in [-0.39, 0.29) is 22.3 Å². The summed E-state index contributed by atoms with van der Waals surface area (Å²) >= 11 is 0. The lowest BCUT2D eigenvalue weighted by Crippen LogP contribution is -2.40. The Labute approximate surface area is 192 Å². The molecule has 34 heavy (non-hydrogen) atoms. The minimum absolute atomic E-state index is 0.118. The Morgan fingerprint density at radius 1 is 1.18 bits per heavy atom. The highest BCUT2D eigenvalue weighted by Gasteiger charge is 2.36. The van der Waals surface area contributed by atoms with Gasteiger partial charge in [-0.1, -0.05) is 12.1 Å². The van der Waals surface area contributed by atoms with Crippen molar-refractivity contribution in [2.45, 2.75) is 38.0 Å². The third-order valence-corrected chi connectivity index (χ3v) is 6.46. The minimum Gasteiger partial charge on any atom is -0.361 e. The predicted octanol–water partition coefficient (Wildman–Crippen LogP) is 3.48. The van der Waals surface area contributed by atoms with Gasteiger partial charge in [-0.3, -0.25) is 9.59 Å². The number of alkyl halides is 3. The Hall–Kier alpha value is -3.21. The first-order valence-electron chi connectivity index (χ1n) is 10.8. The third kappa shape index (κ3) is 4.08. The first-order chi connectivity index (χ1) is 15.8. The lowest BCUT2D eigenvalue weighted by molar-refractivity contribution is -0.140. The quantitative estimate of drug-likeness (QED) is 0.581. The number of fused-ring (bicyclic) bond motifs is 1. The molecule has 2 aromatic heterocycles. The summed E-state index contributed by atoms with van der Waals surface area (Å²) in [6.07, 6.45) is -2.55. The van der Waals surface area contributed by atoms with Crippen molar-refractivity contribution in [2.75, 3.05) is 25.5 Å². The molecule has 182 valence electrons. The van der Waals surface area contributed by atoms with Gasteiger partial charge in [-0.2, -0.15) is 18.3 Å². The van der Waals surface area contributed by atoms with Crippen LogP contribution in [-0.4, -0.2) is 39.4 Å². The van der Waals surface area contributed by atoms with Crippen molar-refractivity contribution < 1.29 is 17.6 Å². The Bertz CT molecular complexity index is 1380. The van der Waals surface area contributed by atoms with Crippen LogP contribution in [0.25, 0.3) is 10.8 Å². The molecular formula is C23H25F4N5O2. The molecule has 0 saturated carbocycles. The Balaban J connectivity index is 1.83. The monoisotopic (exact) mass is 479 g/mol. The van der Waals surface area contributed by atoms with Gasteiger partial charge in [0.2, 0.25) is 0 Å². The summed E-state index contributed by atoms with van der Waals surface area (Å²) in [4.78, 5) is 27.7. The van der Waals surface area contributed by atoms with Crippen molar-refractivity contribution in [1.29, 1.82) is 0 Å². The van der Waals surface area contributed by atoms with Gasteiger partial charge in [0, 0.05) is 43.4 Å². The molecule has 4 rings (SSSR count). The van der Waals surface area contributed by atoms with Crippen molar-refractivity contribution >= 4 is 16.6 Å². The molecule has 1 aliphatic heterocycles. The van der Waals surface area contributed by atoms with Crippen LogP contribution in [0.4, 0.5) is 23.4 Å². The molecule has 0 aliphatic carbocycles. The van der Waals surface area contributed by atoms with E-state index in [2.05, 4.69) is 15.3 Å². The maximum Gasteiger partial charge on any atom is 0.419 e. The van der Waals surface area contributed by atoms with Gasteiger partial charge in [0.05, 0.1) is 22.5 Å². The Morgan fingerprint density at radius 3 is 2.50 bits per heavy atom. The lowest BCUT2D eigenvalue weighted by Gasteiger charge is -2.27. The predicted molar refractivity (Wildman–Crippen MR) is 120 cm³/mol. The van der Waals surface area contributed by atoms with Crippen molar-refractivity contribution in [3.63, 3.8) is 0 Å². The van der Waals surface area contributed by atoms with Gasteiger partial charge < -0.3 is 14.8 Å². The number of hydrogen-bond acceptors (Lipinski definition) is 5. The van der Waals surface area contributed by atoms with Crippen LogP contribution in [0, 0.1) is 5.82 Å². The number of anilines is 1. The summed E-state index contributed by atoms with van der Waals surface area (Å²) in [6, 6.07) is 3.43. The van der Waals surface area contributed by atoms with E-state index in [4.69, 9.17) is 0 Å². The lowest BCUT2D eigenvalue weighted by atomic mass is 10.0. The average molecular weight is 479 g/mol. The van der Waals surface area contributed by atoms with E-state index in [1.165, 1.54) is 26.1 Å². The van der Waals surface area contributed by atoms with Gasteiger partial charge in [0.15, 0.2) is 5.82 Å². The van der Waals surface area contributed by atoms with E-state index in [1.54, 1.807) is 10.8 Å². The van der Waals surface area contributed by atoms with E-state index >= 15 is 0 Å². The van der Waals surface area contributed by atoms with Crippen molar-refractivity contribution in [2.24, 2.45) is 7.05 Å². The molecule has 0 bridgehead atoms. The number of likely N-dealkylation sites (tertiary alicyclic amines) is 1. The molecule has 0 spiro atoms. The average Bonchev–Trinajstić information content (AvgIpc) is 3.10. The summed E-state index contributed by atoms with van der Waals surface area (Å²) < 4.78 is 56.8. The normalized spacial score (nSPS) is 20.1. The molecule has 3 aromatic rings. The fourth-order valence-electron chi connectivity index (χ4n) is 4.60. The number of aryl methyl sites for hydroxylation is 1. The van der Waals surface area contributed by atoms with Gasteiger partial charge in [-0.25, -0.2) is 9.07 Å². The Morgan fingerprint density at radius 2 is 1.88 bits per heavy atom. The molecule has 1 fully saturated rings. The fraction of sp³-hybridized carbons (Fsp3) is 0.435. The second-order valence-corrected chi connectivity index (χ2v) is 9.14. The maximum absolute atomic E-state index is 14.7. The van der Waals surface area contributed by atoms with E-state index in [0.29, 0.717) is 18.0 Å². The number of rotatable bonds is 4. The van der Waals surface area contributed by atoms with Crippen LogP contribution in [0.2, 0.25) is 0 Å². The number of aromatic nitrogens is 3. The van der Waals surface area contributed by atoms with Crippen LogP contribution >= 0.6 is 0 Å². The molecule has 0 radical (unpaired) electrons. The summed E-state index contributed by atoms with van der Waals surface area (Å²) in [6.45, 7) is 4.88. The van der Waals surface area contributed by atoms with E-state index in [1.807, 2.05) is 14.0 Å². The van der Waals surface area contributed by atoms with Crippen LogP contribution in [0.15, 0.2) is 40.1 Å². The molecule has 1 aromatic carbocycles. The first-order valence-corrected chi connectivity index (χ1v) is 10.8. The third-order valence-electron chi connectivity index (χ3n) is 6.46. The summed E-state index contributed by atoms with van der Waals surface area (Å²) in [5.41, 5.74) is -2.88. The smallest absolute Gasteiger partial charge is 0.361 e. The van der Waals surface area contributed by atoms with Gasteiger partial charge in [-0.05, 0) is 33.4 Å². The number of likely N-dealkylation sites (N-methyl/N-ethyl adjacent to an activating group) is 1. The molecule has 2 atom stereocenters. The molecule has 1 aliphatic rings. The van der Waals surface area contributed by atoms with Gasteiger partial charge >= 0.3 is 6.18 Å². The summed E-state index contributed by atoms with van der Waals surface area (Å²) in [7, 11) is 3.36. The van der Waals surface area contributed by atoms with Gasteiger partial charge in [-0.15, -0.1) is 0 Å². The number of benzene rings is 1. The number of halogens is 4. The Kier molecular flexibility index (Phi) is 5.79. The molecule has 3 heterocycles. The highest BCUT2D eigenvalue weighted by Crippen LogP contribution is 2.35. The van der Waals surface area contributed by atoms with Gasteiger partial charge in [0.1, 0.15) is 5.82 Å². The van der Waals surface area contributed by atoms with Gasteiger partial charge in [0.25, 0.3) is 11.1 Å². The molecule has 11 heteroatoms. The number of nitrogens with one attached hydrogen (secondary N) is 1. The first kappa shape index (κ1) is 23.9. The second-order valence-electron chi connectivity index (χ2n) is 9.14. The standard InChI is InChI=1S/C23H25F4N5O2/c1-13(14-6-5-7-17(19(14)24)23(25,26)27)28-20-16-11-32(22(2)8-9-30(3)12-22)18(33)10-15(16)21(34)31(4)29-20/h5-7,10-11,13H,8-9,12H2,1-4H3,(H,28,29)/t13-,22?/m1/s1. The second kappa shape index (κ2) is 8.23. The van der Waals surface area contributed by atoms with Crippen LogP contribution in [0.3, 0.4) is 0 Å². The highest BCUT2D eigenvalue weighted by atomic mass is 19.4. The number of pyridine rings is 1. The zero-order valence-corrected chi connectivity index (χ0v) is 19.2. The zero-order valence-electron chi connectivity index (χ0n) is 19.2. The van der Waals surface area contributed by atoms with Crippen LogP contribution in [0.5, 0.6) is 0 Å². The zero-order chi connectivity index (χ0) is 25.0. The van der Waals surface area contributed by atoms with E-state index in [0.717, 1.165) is 23.7 Å². The maximum atomic E-state index is 14.7. The fourth-order valence-corrected chi connectivity index (χ4v) is 4.60. The van der Waals surface area contributed by atoms with Crippen molar-refractivity contribution in [3.05, 3.63) is 68.1 Å². The summed E-state index contributed by atoms with van der Waals surface area (Å²) in [5, 5.41) is 7.62. The van der Waals surface area contributed by atoms with Crippen LogP contribution in [0.1, 0.15) is 37.4 Å². The van der Waals surface area contributed by atoms with E-state index in [9.17, 15) is 27.2 Å².